The molecular formula is C61H29F6N7. The van der Waals surface area contributed by atoms with Crippen LogP contribution in [-0.2, 0) is 12.4 Å². The smallest absolute Gasteiger partial charge is 0.309 e. The van der Waals surface area contributed by atoms with Crippen LogP contribution in [0.3, 0.4) is 0 Å². The molecule has 74 heavy (non-hydrogen) atoms. The molecule has 11 rings (SSSR count). The third kappa shape index (κ3) is 7.78. The largest absolute Gasteiger partial charge is 0.417 e. The first-order chi connectivity index (χ1) is 35.7. The van der Waals surface area contributed by atoms with E-state index in [1.165, 1.54) is 24.3 Å². The zero-order valence-corrected chi connectivity index (χ0v) is 38.1. The van der Waals surface area contributed by atoms with Gasteiger partial charge in [0.2, 0.25) is 0 Å². The fourth-order valence-electron chi connectivity index (χ4n) is 10.0. The van der Waals surface area contributed by atoms with Crippen LogP contribution >= 0.6 is 0 Å². The van der Waals surface area contributed by atoms with Crippen LogP contribution in [0.2, 0.25) is 0 Å². The molecular weight excluding hydrogens is 945 g/mol. The van der Waals surface area contributed by atoms with Crippen LogP contribution in [0.5, 0.6) is 0 Å². The van der Waals surface area contributed by atoms with E-state index in [0.717, 1.165) is 33.3 Å². The lowest BCUT2D eigenvalue weighted by atomic mass is 9.92. The topological polar surface area (TPSA) is 129 Å². The summed E-state index contributed by atoms with van der Waals surface area (Å²) in [6, 6.07) is 58.1. The van der Waals surface area contributed by atoms with Gasteiger partial charge >= 0.3 is 12.4 Å². The quantitative estimate of drug-likeness (QED) is 0.153. The highest BCUT2D eigenvalue weighted by molar-refractivity contribution is 6.13. The lowest BCUT2D eigenvalue weighted by Crippen LogP contribution is -2.12. The number of nitrogens with zero attached hydrogens (tertiary/aromatic N) is 7. The number of alkyl halides is 6. The number of aromatic nitrogens is 2. The zero-order valence-electron chi connectivity index (χ0n) is 38.1. The fraction of sp³-hybridized carbons (Fsp3) is 0.0328. The Balaban J connectivity index is 1.21. The summed E-state index contributed by atoms with van der Waals surface area (Å²) in [4.78, 5) is 0. The van der Waals surface area contributed by atoms with Gasteiger partial charge in [-0.05, 0) is 137 Å². The molecule has 0 atom stereocenters. The maximum atomic E-state index is 15.0. The van der Waals surface area contributed by atoms with Crippen LogP contribution in [0.25, 0.3) is 99.5 Å². The molecule has 2 aromatic heterocycles. The molecule has 0 saturated carbocycles. The Bertz CT molecular complexity index is 4360. The van der Waals surface area contributed by atoms with Crippen LogP contribution in [0.1, 0.15) is 38.9 Å². The fourth-order valence-corrected chi connectivity index (χ4v) is 10.0. The van der Waals surface area contributed by atoms with Crippen molar-refractivity contribution in [2.24, 2.45) is 0 Å². The molecule has 0 N–H and O–H groups in total. The first-order valence-electron chi connectivity index (χ1n) is 22.7. The number of hydrogen-bond donors (Lipinski definition) is 0. The Kier molecular flexibility index (Phi) is 10.9. The van der Waals surface area contributed by atoms with E-state index in [9.17, 15) is 52.7 Å². The molecule has 2 heterocycles. The summed E-state index contributed by atoms with van der Waals surface area (Å²) in [5.74, 6) is 0. The summed E-state index contributed by atoms with van der Waals surface area (Å²) in [6.07, 6.45) is -10.2. The van der Waals surface area contributed by atoms with Crippen molar-refractivity contribution >= 4 is 43.6 Å². The highest BCUT2D eigenvalue weighted by Crippen LogP contribution is 2.46. The lowest BCUT2D eigenvalue weighted by Gasteiger charge is -2.21. The number of para-hydroxylation sites is 2. The van der Waals surface area contributed by atoms with Gasteiger partial charge in [0.05, 0.1) is 103 Å². The Morgan fingerprint density at radius 1 is 0.311 bits per heavy atom. The Morgan fingerprint density at radius 3 is 1.19 bits per heavy atom. The molecule has 0 aliphatic heterocycles. The minimum atomic E-state index is -5.18. The molecule has 0 aliphatic rings. The molecule has 0 aliphatic carbocycles. The van der Waals surface area contributed by atoms with Crippen molar-refractivity contribution in [1.29, 1.82) is 26.3 Å². The van der Waals surface area contributed by atoms with Gasteiger partial charge in [-0.15, -0.1) is 0 Å². The molecule has 11 aromatic rings. The van der Waals surface area contributed by atoms with Crippen LogP contribution in [-0.4, -0.2) is 9.13 Å². The third-order valence-corrected chi connectivity index (χ3v) is 13.3. The number of benzene rings is 9. The van der Waals surface area contributed by atoms with E-state index in [-0.39, 0.29) is 22.8 Å². The number of nitriles is 5. The molecule has 13 heteroatoms. The van der Waals surface area contributed by atoms with Crippen molar-refractivity contribution in [3.8, 4) is 86.2 Å². The van der Waals surface area contributed by atoms with E-state index in [1.807, 2.05) is 94.1 Å². The third-order valence-electron chi connectivity index (χ3n) is 13.3. The molecule has 7 nitrogen and oxygen atoms in total. The minimum absolute atomic E-state index is 0.0238. The summed E-state index contributed by atoms with van der Waals surface area (Å²) in [5.41, 5.74) is 5.33. The predicted octanol–water partition coefficient (Wildman–Crippen LogP) is 15.9. The van der Waals surface area contributed by atoms with Crippen molar-refractivity contribution in [2.45, 2.75) is 12.4 Å². The van der Waals surface area contributed by atoms with Crippen molar-refractivity contribution in [2.75, 3.05) is 0 Å². The number of rotatable bonds is 6. The van der Waals surface area contributed by atoms with Crippen LogP contribution in [0.4, 0.5) is 26.3 Å². The first kappa shape index (κ1) is 46.0. The lowest BCUT2D eigenvalue weighted by molar-refractivity contribution is -0.142. The second-order valence-corrected chi connectivity index (χ2v) is 17.5. The van der Waals surface area contributed by atoms with Gasteiger partial charge in [-0.25, -0.2) is 0 Å². The SMILES string of the molecule is N#Cc1cc(C#N)cc(-c2ccc3c(c2)c2ccccc2n3-c2cc(C#N)ccc2-c2ccc(-c3ccc(C(F)(F)F)cc3C(F)(F)F)cc2-n2c3ccccc3c3cc(-c4cc(C#N)cc(C#N)c4)ccc32)c1. The van der Waals surface area contributed by atoms with Gasteiger partial charge in [-0.3, -0.25) is 0 Å². The number of hydrogen-bond acceptors (Lipinski definition) is 5. The van der Waals surface area contributed by atoms with Gasteiger partial charge < -0.3 is 9.13 Å². The molecule has 0 saturated heterocycles. The number of fused-ring (bicyclic) bond motifs is 6. The van der Waals surface area contributed by atoms with E-state index < -0.39 is 29.0 Å². The van der Waals surface area contributed by atoms with Gasteiger partial charge in [0, 0.05) is 32.7 Å². The van der Waals surface area contributed by atoms with E-state index >= 15 is 0 Å². The molecule has 0 unspecified atom stereocenters. The Hall–Kier alpha value is -10.4. The van der Waals surface area contributed by atoms with E-state index in [4.69, 9.17) is 0 Å². The summed E-state index contributed by atoms with van der Waals surface area (Å²) >= 11 is 0. The van der Waals surface area contributed by atoms with Gasteiger partial charge in [-0.1, -0.05) is 72.8 Å². The summed E-state index contributed by atoms with van der Waals surface area (Å²) < 4.78 is 90.8. The van der Waals surface area contributed by atoms with Gasteiger partial charge in [0.25, 0.3) is 0 Å². The Morgan fingerprint density at radius 2 is 0.730 bits per heavy atom. The zero-order chi connectivity index (χ0) is 51.6. The van der Waals surface area contributed by atoms with Crippen molar-refractivity contribution < 1.29 is 26.3 Å². The molecule has 350 valence electrons. The maximum Gasteiger partial charge on any atom is 0.417 e. The summed E-state index contributed by atoms with van der Waals surface area (Å²) in [5, 5.41) is 52.6. The second-order valence-electron chi connectivity index (χ2n) is 17.5. The van der Waals surface area contributed by atoms with Gasteiger partial charge in [0.1, 0.15) is 0 Å². The molecule has 0 spiro atoms. The number of halogens is 6. The van der Waals surface area contributed by atoms with Gasteiger partial charge in [-0.2, -0.15) is 52.7 Å². The first-order valence-corrected chi connectivity index (χ1v) is 22.7. The maximum absolute atomic E-state index is 15.0. The minimum Gasteiger partial charge on any atom is -0.309 e. The summed E-state index contributed by atoms with van der Waals surface area (Å²) in [6.45, 7) is 0. The van der Waals surface area contributed by atoms with Crippen molar-refractivity contribution in [3.05, 3.63) is 215 Å². The normalized spacial score (nSPS) is 11.6. The molecule has 0 radical (unpaired) electrons. The Labute approximate surface area is 417 Å². The average molecular weight is 974 g/mol. The second kappa shape index (κ2) is 17.5. The molecule has 0 bridgehead atoms. The molecule has 9 aromatic carbocycles. The van der Waals surface area contributed by atoms with Crippen molar-refractivity contribution in [1.82, 2.24) is 9.13 Å². The molecule has 0 fully saturated rings. The highest BCUT2D eigenvalue weighted by Gasteiger charge is 2.38. The monoisotopic (exact) mass is 973 g/mol. The highest BCUT2D eigenvalue weighted by atomic mass is 19.4. The summed E-state index contributed by atoms with van der Waals surface area (Å²) in [7, 11) is 0. The van der Waals surface area contributed by atoms with Gasteiger partial charge in [0.15, 0.2) is 0 Å². The average Bonchev–Trinajstić information content (AvgIpc) is 3.94. The van der Waals surface area contributed by atoms with E-state index in [1.54, 1.807) is 48.5 Å². The van der Waals surface area contributed by atoms with Crippen LogP contribution < -0.4 is 0 Å². The predicted molar refractivity (Wildman–Crippen MR) is 270 cm³/mol. The molecule has 0 amide bonds. The van der Waals surface area contributed by atoms with E-state index in [0.29, 0.717) is 83.9 Å². The van der Waals surface area contributed by atoms with Crippen LogP contribution in [0, 0.1) is 56.7 Å². The van der Waals surface area contributed by atoms with Crippen molar-refractivity contribution in [3.63, 3.8) is 0 Å². The van der Waals surface area contributed by atoms with E-state index in [2.05, 4.69) is 30.3 Å². The standard InChI is InChI=1S/C61H29F6N7/c62-60(63,64)45-13-16-46(53(29-45)61(65,66)67)42-10-15-50(59(28-42)74-55-8-4-2-6-48(55)52-27-41(12-18-57(52)74)44-23-38(33-71)20-39(24-44)34-72)49-14-9-35(30-68)25-58(49)73-54-7-3-1-5-47(54)51-26-40(11-17-56(51)73)43-21-36(31-69)19-37(22-43)32-70/h1-29H. The van der Waals surface area contributed by atoms with Crippen LogP contribution in [0.15, 0.2) is 176 Å².